The number of amides is 1. The molecule has 1 heterocycles. The summed E-state index contributed by atoms with van der Waals surface area (Å²) in [6.45, 7) is 3.64. The largest absolute Gasteiger partial charge is 0.381 e. The summed E-state index contributed by atoms with van der Waals surface area (Å²) >= 11 is 0. The Bertz CT molecular complexity index is 479. The zero-order valence-electron chi connectivity index (χ0n) is 13.5. The van der Waals surface area contributed by atoms with Gasteiger partial charge in [-0.05, 0) is 45.0 Å². The first-order valence-electron chi connectivity index (χ1n) is 7.58. The molecule has 1 aromatic carbocycles. The van der Waals surface area contributed by atoms with Gasteiger partial charge in [-0.25, -0.2) is 0 Å². The molecular formula is C17H26N2O2. The van der Waals surface area contributed by atoms with E-state index in [4.69, 9.17) is 4.74 Å². The smallest absolute Gasteiger partial charge is 0.244 e. The van der Waals surface area contributed by atoms with Gasteiger partial charge >= 0.3 is 0 Å². The van der Waals surface area contributed by atoms with E-state index in [9.17, 15) is 4.79 Å². The number of carbonyl (C=O) groups is 1. The summed E-state index contributed by atoms with van der Waals surface area (Å²) in [5, 5.41) is 0. The summed E-state index contributed by atoms with van der Waals surface area (Å²) < 4.78 is 5.38. The molecule has 1 unspecified atom stereocenters. The monoisotopic (exact) mass is 290 g/mol. The maximum absolute atomic E-state index is 12.9. The van der Waals surface area contributed by atoms with Gasteiger partial charge in [-0.1, -0.05) is 24.3 Å². The van der Waals surface area contributed by atoms with Crippen molar-refractivity contribution in [2.45, 2.75) is 31.9 Å². The number of methoxy groups -OCH3 is 1. The Balaban J connectivity index is 2.16. The molecule has 116 valence electrons. The second-order valence-corrected chi connectivity index (χ2v) is 5.98. The first kappa shape index (κ1) is 16.0. The predicted octanol–water partition coefficient (Wildman–Crippen LogP) is 2.24. The Labute approximate surface area is 127 Å². The lowest BCUT2D eigenvalue weighted by Gasteiger charge is -2.36. The van der Waals surface area contributed by atoms with Gasteiger partial charge in [0.25, 0.3) is 0 Å². The van der Waals surface area contributed by atoms with Crippen molar-refractivity contribution in [1.29, 1.82) is 0 Å². The third kappa shape index (κ3) is 3.63. The van der Waals surface area contributed by atoms with Gasteiger partial charge in [0.15, 0.2) is 0 Å². The fourth-order valence-electron chi connectivity index (χ4n) is 3.01. The molecule has 0 N–H and O–H groups in total. The molecular weight excluding hydrogens is 264 g/mol. The second kappa shape index (κ2) is 7.05. The topological polar surface area (TPSA) is 32.8 Å². The molecule has 1 aliphatic rings. The van der Waals surface area contributed by atoms with Crippen molar-refractivity contribution in [2.75, 3.05) is 34.3 Å². The number of likely N-dealkylation sites (tertiary alicyclic amines) is 1. The van der Waals surface area contributed by atoms with Crippen molar-refractivity contribution in [3.63, 3.8) is 0 Å². The first-order valence-corrected chi connectivity index (χ1v) is 7.58. The zero-order valence-corrected chi connectivity index (χ0v) is 13.5. The molecule has 1 atom stereocenters. The Hall–Kier alpha value is -1.39. The molecule has 1 aliphatic heterocycles. The van der Waals surface area contributed by atoms with Crippen LogP contribution in [0.5, 0.6) is 0 Å². The summed E-state index contributed by atoms with van der Waals surface area (Å²) in [7, 11) is 5.69. The van der Waals surface area contributed by atoms with E-state index in [2.05, 4.69) is 19.1 Å². The van der Waals surface area contributed by atoms with Crippen LogP contribution in [0.25, 0.3) is 0 Å². The van der Waals surface area contributed by atoms with Crippen molar-refractivity contribution in [2.24, 2.45) is 0 Å². The third-order valence-electron chi connectivity index (χ3n) is 4.32. The minimum absolute atomic E-state index is 0.198. The fourth-order valence-corrected chi connectivity index (χ4v) is 3.01. The maximum atomic E-state index is 12.9. The SMILES string of the molecule is COC1CCN(C(=O)C(c2ccccc2C)N(C)C)CC1. The number of piperidine rings is 1. The first-order chi connectivity index (χ1) is 10.0. The highest BCUT2D eigenvalue weighted by Gasteiger charge is 2.31. The number of benzene rings is 1. The minimum Gasteiger partial charge on any atom is -0.381 e. The number of aryl methyl sites for hydroxylation is 1. The Morgan fingerprint density at radius 1 is 1.29 bits per heavy atom. The summed E-state index contributed by atoms with van der Waals surface area (Å²) in [4.78, 5) is 16.9. The minimum atomic E-state index is -0.203. The summed E-state index contributed by atoms with van der Waals surface area (Å²) in [5.41, 5.74) is 2.26. The van der Waals surface area contributed by atoms with Crippen LogP contribution in [-0.4, -0.2) is 56.1 Å². The van der Waals surface area contributed by atoms with E-state index in [1.807, 2.05) is 36.0 Å². The molecule has 0 spiro atoms. The molecule has 0 radical (unpaired) electrons. The number of rotatable bonds is 4. The average Bonchev–Trinajstić information content (AvgIpc) is 2.49. The lowest BCUT2D eigenvalue weighted by atomic mass is 9.98. The molecule has 1 amide bonds. The van der Waals surface area contributed by atoms with Crippen LogP contribution >= 0.6 is 0 Å². The van der Waals surface area contributed by atoms with E-state index in [0.29, 0.717) is 6.10 Å². The van der Waals surface area contributed by atoms with Gasteiger partial charge in [-0.2, -0.15) is 0 Å². The molecule has 0 saturated carbocycles. The van der Waals surface area contributed by atoms with Gasteiger partial charge in [0.2, 0.25) is 5.91 Å². The number of carbonyl (C=O) groups excluding carboxylic acids is 1. The van der Waals surface area contributed by atoms with Crippen LogP contribution in [0.15, 0.2) is 24.3 Å². The average molecular weight is 290 g/mol. The maximum Gasteiger partial charge on any atom is 0.244 e. The molecule has 0 aromatic heterocycles. The van der Waals surface area contributed by atoms with Gasteiger partial charge in [0.05, 0.1) is 6.10 Å². The van der Waals surface area contributed by atoms with Crippen LogP contribution in [0, 0.1) is 6.92 Å². The van der Waals surface area contributed by atoms with Gasteiger partial charge in [0, 0.05) is 20.2 Å². The van der Waals surface area contributed by atoms with Crippen molar-refractivity contribution < 1.29 is 9.53 Å². The molecule has 1 fully saturated rings. The second-order valence-electron chi connectivity index (χ2n) is 5.98. The number of ether oxygens (including phenoxy) is 1. The van der Waals surface area contributed by atoms with E-state index in [0.717, 1.165) is 37.1 Å². The Kier molecular flexibility index (Phi) is 5.37. The molecule has 2 rings (SSSR count). The Morgan fingerprint density at radius 2 is 1.90 bits per heavy atom. The van der Waals surface area contributed by atoms with E-state index < -0.39 is 0 Å². The van der Waals surface area contributed by atoms with Crippen molar-refractivity contribution in [1.82, 2.24) is 9.80 Å². The molecule has 4 nitrogen and oxygen atoms in total. The molecule has 0 bridgehead atoms. The molecule has 0 aliphatic carbocycles. The molecule has 1 aromatic rings. The predicted molar refractivity (Wildman–Crippen MR) is 84.2 cm³/mol. The summed E-state index contributed by atoms with van der Waals surface area (Å²) in [6.07, 6.45) is 2.15. The van der Waals surface area contributed by atoms with Crippen LogP contribution in [-0.2, 0) is 9.53 Å². The highest BCUT2D eigenvalue weighted by atomic mass is 16.5. The normalized spacial score (nSPS) is 18.0. The lowest BCUT2D eigenvalue weighted by Crippen LogP contribution is -2.45. The van der Waals surface area contributed by atoms with Crippen LogP contribution in [0.1, 0.15) is 30.0 Å². The van der Waals surface area contributed by atoms with Crippen molar-refractivity contribution in [3.05, 3.63) is 35.4 Å². The van der Waals surface area contributed by atoms with Gasteiger partial charge in [-0.3, -0.25) is 9.69 Å². The highest BCUT2D eigenvalue weighted by molar-refractivity contribution is 5.83. The number of hydrogen-bond donors (Lipinski definition) is 0. The van der Waals surface area contributed by atoms with Crippen molar-refractivity contribution >= 4 is 5.91 Å². The van der Waals surface area contributed by atoms with Crippen LogP contribution in [0.4, 0.5) is 0 Å². The highest BCUT2D eigenvalue weighted by Crippen LogP contribution is 2.26. The van der Waals surface area contributed by atoms with Crippen LogP contribution in [0.3, 0.4) is 0 Å². The standard InChI is InChI=1S/C17H26N2O2/c1-13-7-5-6-8-15(13)16(18(2)3)17(20)19-11-9-14(21-4)10-12-19/h5-8,14,16H,9-12H2,1-4H3. The zero-order chi connectivity index (χ0) is 15.4. The molecule has 21 heavy (non-hydrogen) atoms. The number of hydrogen-bond acceptors (Lipinski definition) is 3. The lowest BCUT2D eigenvalue weighted by molar-refractivity contribution is -0.138. The van der Waals surface area contributed by atoms with Gasteiger partial charge in [0.1, 0.15) is 6.04 Å². The van der Waals surface area contributed by atoms with E-state index >= 15 is 0 Å². The molecule has 4 heteroatoms. The van der Waals surface area contributed by atoms with Crippen LogP contribution in [0.2, 0.25) is 0 Å². The van der Waals surface area contributed by atoms with E-state index in [1.165, 1.54) is 0 Å². The quantitative estimate of drug-likeness (QED) is 0.852. The van der Waals surface area contributed by atoms with E-state index in [1.54, 1.807) is 7.11 Å². The van der Waals surface area contributed by atoms with Crippen LogP contribution < -0.4 is 0 Å². The van der Waals surface area contributed by atoms with E-state index in [-0.39, 0.29) is 11.9 Å². The van der Waals surface area contributed by atoms with Gasteiger partial charge in [-0.15, -0.1) is 0 Å². The summed E-state index contributed by atoms with van der Waals surface area (Å²) in [5.74, 6) is 0.198. The fraction of sp³-hybridized carbons (Fsp3) is 0.588. The summed E-state index contributed by atoms with van der Waals surface area (Å²) in [6, 6.07) is 7.93. The van der Waals surface area contributed by atoms with Crippen molar-refractivity contribution in [3.8, 4) is 0 Å². The Morgan fingerprint density at radius 3 is 2.43 bits per heavy atom. The molecule has 1 saturated heterocycles. The third-order valence-corrected chi connectivity index (χ3v) is 4.32. The number of likely N-dealkylation sites (N-methyl/N-ethyl adjacent to an activating group) is 1. The number of nitrogens with zero attached hydrogens (tertiary/aromatic N) is 2. The van der Waals surface area contributed by atoms with Gasteiger partial charge < -0.3 is 9.64 Å².